The Bertz CT molecular complexity index is 660. The van der Waals surface area contributed by atoms with Crippen molar-refractivity contribution in [3.8, 4) is 11.4 Å². The highest BCUT2D eigenvalue weighted by Gasteiger charge is 2.49. The summed E-state index contributed by atoms with van der Waals surface area (Å²) in [6, 6.07) is 11.2. The van der Waals surface area contributed by atoms with E-state index in [0.717, 1.165) is 35.3 Å². The third-order valence-corrected chi connectivity index (χ3v) is 6.37. The van der Waals surface area contributed by atoms with Crippen molar-refractivity contribution in [2.75, 3.05) is 0 Å². The molecule has 6 rings (SSSR count). The van der Waals surface area contributed by atoms with Crippen LogP contribution in [-0.2, 0) is 0 Å². The van der Waals surface area contributed by atoms with Gasteiger partial charge in [0.05, 0.1) is 0 Å². The average Bonchev–Trinajstić information content (AvgIpc) is 2.89. The first-order chi connectivity index (χ1) is 10.8. The quantitative estimate of drug-likeness (QED) is 0.828. The molecular formula is C19H23N3. The molecule has 0 radical (unpaired) electrons. The minimum atomic E-state index is 0.637. The third kappa shape index (κ3) is 1.81. The lowest BCUT2D eigenvalue weighted by molar-refractivity contribution is -0.0293. The number of nitrogens with zero attached hydrogens (tertiary/aromatic N) is 3. The van der Waals surface area contributed by atoms with Crippen LogP contribution in [0.25, 0.3) is 11.4 Å². The van der Waals surface area contributed by atoms with E-state index in [0.29, 0.717) is 6.04 Å². The van der Waals surface area contributed by atoms with Gasteiger partial charge in [0, 0.05) is 11.6 Å². The van der Waals surface area contributed by atoms with Gasteiger partial charge in [-0.1, -0.05) is 30.3 Å². The molecule has 0 spiro atoms. The molecule has 4 fully saturated rings. The Kier molecular flexibility index (Phi) is 2.73. The summed E-state index contributed by atoms with van der Waals surface area (Å²) in [6.45, 7) is 2.13. The lowest BCUT2D eigenvalue weighted by atomic mass is 9.54. The van der Waals surface area contributed by atoms with Gasteiger partial charge >= 0.3 is 0 Å². The van der Waals surface area contributed by atoms with Crippen LogP contribution < -0.4 is 0 Å². The maximum atomic E-state index is 4.53. The molecule has 3 heteroatoms. The van der Waals surface area contributed by atoms with Crippen LogP contribution in [0.4, 0.5) is 0 Å². The van der Waals surface area contributed by atoms with Crippen LogP contribution in [0.15, 0.2) is 30.3 Å². The summed E-state index contributed by atoms with van der Waals surface area (Å²) in [4.78, 5) is 0. The summed E-state index contributed by atoms with van der Waals surface area (Å²) < 4.78 is 2.49. The number of aromatic nitrogens is 3. The Morgan fingerprint density at radius 1 is 0.864 bits per heavy atom. The van der Waals surface area contributed by atoms with E-state index < -0.39 is 0 Å². The highest BCUT2D eigenvalue weighted by atomic mass is 15.3. The molecule has 4 aliphatic carbocycles. The highest BCUT2D eigenvalue weighted by Crippen LogP contribution is 2.58. The van der Waals surface area contributed by atoms with Gasteiger partial charge in [0.1, 0.15) is 5.82 Å². The summed E-state index contributed by atoms with van der Waals surface area (Å²) >= 11 is 0. The van der Waals surface area contributed by atoms with Gasteiger partial charge in [-0.05, 0) is 62.7 Å². The largest absolute Gasteiger partial charge is 0.308 e. The minimum Gasteiger partial charge on any atom is -0.308 e. The Labute approximate surface area is 131 Å². The van der Waals surface area contributed by atoms with E-state index in [1.54, 1.807) is 0 Å². The molecule has 1 heterocycles. The SMILES string of the molecule is Cc1nnc(-c2ccccc2)n1C1[C@H]2C[C@H]3C[C@H](C2)C[C@@H]1C3. The topological polar surface area (TPSA) is 30.7 Å². The summed E-state index contributed by atoms with van der Waals surface area (Å²) in [6.07, 6.45) is 7.24. The Hall–Kier alpha value is -1.64. The molecule has 22 heavy (non-hydrogen) atoms. The van der Waals surface area contributed by atoms with Crippen molar-refractivity contribution in [2.45, 2.75) is 45.1 Å². The first kappa shape index (κ1) is 12.9. The van der Waals surface area contributed by atoms with Crippen LogP contribution in [0.2, 0.25) is 0 Å². The lowest BCUT2D eigenvalue weighted by Crippen LogP contribution is -2.46. The lowest BCUT2D eigenvalue weighted by Gasteiger charge is -2.55. The van der Waals surface area contributed by atoms with Gasteiger partial charge in [-0.15, -0.1) is 10.2 Å². The second kappa shape index (κ2) is 4.68. The molecule has 4 saturated carbocycles. The fraction of sp³-hybridized carbons (Fsp3) is 0.579. The molecule has 4 bridgehead atoms. The monoisotopic (exact) mass is 293 g/mol. The van der Waals surface area contributed by atoms with E-state index in [1.165, 1.54) is 37.7 Å². The fourth-order valence-electron chi connectivity index (χ4n) is 5.83. The van der Waals surface area contributed by atoms with Gasteiger partial charge in [-0.3, -0.25) is 0 Å². The number of benzene rings is 1. The molecule has 114 valence electrons. The van der Waals surface area contributed by atoms with E-state index in [-0.39, 0.29) is 0 Å². The summed E-state index contributed by atoms with van der Waals surface area (Å²) in [5.74, 6) is 5.90. The molecule has 1 aromatic carbocycles. The van der Waals surface area contributed by atoms with Crippen LogP contribution in [0.1, 0.15) is 44.0 Å². The molecule has 1 aromatic heterocycles. The van der Waals surface area contributed by atoms with Crippen molar-refractivity contribution in [1.29, 1.82) is 0 Å². The van der Waals surface area contributed by atoms with Crippen molar-refractivity contribution in [3.63, 3.8) is 0 Å². The fourth-order valence-corrected chi connectivity index (χ4v) is 5.83. The van der Waals surface area contributed by atoms with Crippen LogP contribution >= 0.6 is 0 Å². The molecule has 0 N–H and O–H groups in total. The van der Waals surface area contributed by atoms with Crippen molar-refractivity contribution >= 4 is 0 Å². The van der Waals surface area contributed by atoms with Gasteiger partial charge in [-0.25, -0.2) is 0 Å². The van der Waals surface area contributed by atoms with Crippen LogP contribution in [0.3, 0.4) is 0 Å². The molecule has 0 saturated heterocycles. The summed E-state index contributed by atoms with van der Waals surface area (Å²) in [5.41, 5.74) is 1.21. The third-order valence-electron chi connectivity index (χ3n) is 6.37. The smallest absolute Gasteiger partial charge is 0.164 e. The minimum absolute atomic E-state index is 0.637. The van der Waals surface area contributed by atoms with Crippen LogP contribution in [0, 0.1) is 30.6 Å². The molecule has 3 nitrogen and oxygen atoms in total. The van der Waals surface area contributed by atoms with Crippen molar-refractivity contribution in [3.05, 3.63) is 36.2 Å². The number of aryl methyl sites for hydroxylation is 1. The van der Waals surface area contributed by atoms with Crippen molar-refractivity contribution in [1.82, 2.24) is 14.8 Å². The maximum Gasteiger partial charge on any atom is 0.164 e. The highest BCUT2D eigenvalue weighted by molar-refractivity contribution is 5.55. The Morgan fingerprint density at radius 2 is 1.50 bits per heavy atom. The second-order valence-electron chi connectivity index (χ2n) is 7.73. The molecule has 0 unspecified atom stereocenters. The average molecular weight is 293 g/mol. The van der Waals surface area contributed by atoms with E-state index >= 15 is 0 Å². The molecular weight excluding hydrogens is 270 g/mol. The van der Waals surface area contributed by atoms with Crippen molar-refractivity contribution in [2.24, 2.45) is 23.7 Å². The molecule has 0 atom stereocenters. The zero-order valence-corrected chi connectivity index (χ0v) is 13.2. The summed E-state index contributed by atoms with van der Waals surface area (Å²) in [5, 5.41) is 8.97. The standard InChI is InChI=1S/C19H23N3/c1-12-20-21-19(15-5-3-2-4-6-15)22(12)18-16-8-13-7-14(10-16)11-17(18)9-13/h2-6,13-14,16-18H,7-11H2,1H3/t13-,14-,16-,17-,18?. The summed E-state index contributed by atoms with van der Waals surface area (Å²) in [7, 11) is 0. The second-order valence-corrected chi connectivity index (χ2v) is 7.73. The number of rotatable bonds is 2. The Morgan fingerprint density at radius 3 is 2.14 bits per heavy atom. The predicted molar refractivity (Wildman–Crippen MR) is 86.3 cm³/mol. The maximum absolute atomic E-state index is 4.53. The van der Waals surface area contributed by atoms with Crippen LogP contribution in [-0.4, -0.2) is 14.8 Å². The first-order valence-electron chi connectivity index (χ1n) is 8.76. The molecule has 4 aliphatic rings. The van der Waals surface area contributed by atoms with Gasteiger partial charge in [0.25, 0.3) is 0 Å². The van der Waals surface area contributed by atoms with Gasteiger partial charge in [0.2, 0.25) is 0 Å². The molecule has 2 aromatic rings. The van der Waals surface area contributed by atoms with Crippen molar-refractivity contribution < 1.29 is 0 Å². The predicted octanol–water partition coefficient (Wildman–Crippen LogP) is 4.25. The molecule has 0 amide bonds. The van der Waals surface area contributed by atoms with Gasteiger partial charge in [-0.2, -0.15) is 0 Å². The zero-order chi connectivity index (χ0) is 14.7. The van der Waals surface area contributed by atoms with Crippen LogP contribution in [0.5, 0.6) is 0 Å². The van der Waals surface area contributed by atoms with Gasteiger partial charge < -0.3 is 4.57 Å². The number of hydrogen-bond acceptors (Lipinski definition) is 2. The zero-order valence-electron chi connectivity index (χ0n) is 13.2. The molecule has 0 aliphatic heterocycles. The van der Waals surface area contributed by atoms with E-state index in [2.05, 4.69) is 52.0 Å². The Balaban J connectivity index is 1.60. The van der Waals surface area contributed by atoms with E-state index in [9.17, 15) is 0 Å². The normalized spacial score (nSPS) is 36.0. The first-order valence-corrected chi connectivity index (χ1v) is 8.76. The van der Waals surface area contributed by atoms with Gasteiger partial charge in [0.15, 0.2) is 5.82 Å². The van der Waals surface area contributed by atoms with E-state index in [4.69, 9.17) is 0 Å². The number of hydrogen-bond donors (Lipinski definition) is 0. The van der Waals surface area contributed by atoms with E-state index in [1.807, 2.05) is 0 Å².